The van der Waals surface area contributed by atoms with Gasteiger partial charge in [-0.25, -0.2) is 4.98 Å². The Kier molecular flexibility index (Phi) is 3.66. The number of oxime groups is 1. The molecule has 5 nitrogen and oxygen atoms in total. The highest BCUT2D eigenvalue weighted by atomic mass is 16.5. The third-order valence-electron chi connectivity index (χ3n) is 2.69. The molecule has 5 heteroatoms. The molecule has 2 rings (SSSR count). The number of rotatable bonds is 3. The lowest BCUT2D eigenvalue weighted by molar-refractivity contribution is 0.318. The van der Waals surface area contributed by atoms with Gasteiger partial charge in [-0.2, -0.15) is 0 Å². The summed E-state index contributed by atoms with van der Waals surface area (Å²) >= 11 is 0. The quantitative estimate of drug-likeness (QED) is 0.383. The highest BCUT2D eigenvalue weighted by Crippen LogP contribution is 2.25. The van der Waals surface area contributed by atoms with E-state index in [4.69, 9.17) is 15.7 Å². The monoisotopic (exact) mass is 257 g/mol. The van der Waals surface area contributed by atoms with E-state index in [1.54, 1.807) is 12.3 Å². The van der Waals surface area contributed by atoms with E-state index in [1.807, 2.05) is 38.1 Å². The van der Waals surface area contributed by atoms with E-state index in [1.165, 1.54) is 0 Å². The van der Waals surface area contributed by atoms with Gasteiger partial charge < -0.3 is 15.7 Å². The number of pyridine rings is 1. The van der Waals surface area contributed by atoms with E-state index in [2.05, 4.69) is 10.1 Å². The molecule has 0 bridgehead atoms. The maximum absolute atomic E-state index is 8.83. The summed E-state index contributed by atoms with van der Waals surface area (Å²) in [5.74, 6) is 0.958. The lowest BCUT2D eigenvalue weighted by atomic mass is 10.1. The van der Waals surface area contributed by atoms with Gasteiger partial charge in [-0.15, -0.1) is 0 Å². The van der Waals surface area contributed by atoms with Crippen molar-refractivity contribution in [3.8, 4) is 11.6 Å². The van der Waals surface area contributed by atoms with Crippen LogP contribution in [0.4, 0.5) is 0 Å². The van der Waals surface area contributed by atoms with Crippen molar-refractivity contribution in [3.05, 3.63) is 53.2 Å². The molecule has 2 aromatic rings. The zero-order valence-electron chi connectivity index (χ0n) is 10.8. The lowest BCUT2D eigenvalue weighted by Crippen LogP contribution is -2.16. The van der Waals surface area contributed by atoms with Gasteiger partial charge in [0.15, 0.2) is 5.84 Å². The minimum Gasteiger partial charge on any atom is -0.438 e. The first-order chi connectivity index (χ1) is 9.11. The number of ether oxygens (including phenoxy) is 1. The first-order valence-electron chi connectivity index (χ1n) is 5.80. The standard InChI is InChI=1S/C14H15N3O2/c1-9-4-3-5-11(8-9)19-14-12(13(15)17-18)10(2)6-7-16-14/h3-8,18H,1-2H3,(H2,15,17). The van der Waals surface area contributed by atoms with Gasteiger partial charge >= 0.3 is 0 Å². The average molecular weight is 257 g/mol. The molecule has 0 saturated carbocycles. The maximum Gasteiger partial charge on any atom is 0.230 e. The Morgan fingerprint density at radius 2 is 2.11 bits per heavy atom. The highest BCUT2D eigenvalue weighted by Gasteiger charge is 2.13. The van der Waals surface area contributed by atoms with Crippen molar-refractivity contribution < 1.29 is 9.94 Å². The Hall–Kier alpha value is -2.56. The third-order valence-corrected chi connectivity index (χ3v) is 2.69. The number of aromatic nitrogens is 1. The number of aryl methyl sites for hydroxylation is 2. The molecule has 0 saturated heterocycles. The zero-order valence-corrected chi connectivity index (χ0v) is 10.8. The third kappa shape index (κ3) is 2.82. The summed E-state index contributed by atoms with van der Waals surface area (Å²) in [4.78, 5) is 4.14. The summed E-state index contributed by atoms with van der Waals surface area (Å²) in [7, 11) is 0. The smallest absolute Gasteiger partial charge is 0.230 e. The van der Waals surface area contributed by atoms with E-state index in [9.17, 15) is 0 Å². The molecule has 0 aliphatic rings. The number of hydrogen-bond acceptors (Lipinski definition) is 4. The van der Waals surface area contributed by atoms with Crippen molar-refractivity contribution in [1.82, 2.24) is 4.98 Å². The zero-order chi connectivity index (χ0) is 13.8. The van der Waals surface area contributed by atoms with Crippen LogP contribution < -0.4 is 10.5 Å². The van der Waals surface area contributed by atoms with Gasteiger partial charge in [0.25, 0.3) is 0 Å². The Bertz CT molecular complexity index is 624. The largest absolute Gasteiger partial charge is 0.438 e. The van der Waals surface area contributed by atoms with Crippen LogP contribution in [-0.4, -0.2) is 16.0 Å². The Balaban J connectivity index is 2.43. The van der Waals surface area contributed by atoms with Gasteiger partial charge in [0.2, 0.25) is 5.88 Å². The van der Waals surface area contributed by atoms with Crippen LogP contribution in [0.3, 0.4) is 0 Å². The van der Waals surface area contributed by atoms with Gasteiger partial charge in [-0.05, 0) is 43.2 Å². The Labute approximate surface area is 111 Å². The van der Waals surface area contributed by atoms with Crippen molar-refractivity contribution in [2.24, 2.45) is 10.9 Å². The van der Waals surface area contributed by atoms with E-state index < -0.39 is 0 Å². The van der Waals surface area contributed by atoms with Crippen LogP contribution >= 0.6 is 0 Å². The molecule has 0 fully saturated rings. The van der Waals surface area contributed by atoms with Crippen molar-refractivity contribution in [3.63, 3.8) is 0 Å². The summed E-state index contributed by atoms with van der Waals surface area (Å²) in [6.45, 7) is 3.82. The maximum atomic E-state index is 8.83. The van der Waals surface area contributed by atoms with Gasteiger partial charge in [-0.1, -0.05) is 17.3 Å². The predicted molar refractivity (Wildman–Crippen MR) is 72.7 cm³/mol. The van der Waals surface area contributed by atoms with Crippen LogP contribution in [-0.2, 0) is 0 Å². The molecule has 1 aromatic carbocycles. The normalized spacial score (nSPS) is 11.4. The second-order valence-corrected chi connectivity index (χ2v) is 4.21. The molecule has 1 heterocycles. The van der Waals surface area contributed by atoms with Crippen LogP contribution in [0.15, 0.2) is 41.7 Å². The molecule has 1 aromatic heterocycles. The summed E-state index contributed by atoms with van der Waals surface area (Å²) in [5, 5.41) is 11.8. The van der Waals surface area contributed by atoms with Crippen molar-refractivity contribution in [2.75, 3.05) is 0 Å². The molecule has 19 heavy (non-hydrogen) atoms. The van der Waals surface area contributed by atoms with Gasteiger partial charge in [0.1, 0.15) is 5.75 Å². The number of benzene rings is 1. The molecule has 0 spiro atoms. The molecule has 0 unspecified atom stereocenters. The van der Waals surface area contributed by atoms with Crippen molar-refractivity contribution in [2.45, 2.75) is 13.8 Å². The fourth-order valence-electron chi connectivity index (χ4n) is 1.76. The summed E-state index contributed by atoms with van der Waals surface area (Å²) < 4.78 is 5.71. The molecule has 3 N–H and O–H groups in total. The topological polar surface area (TPSA) is 80.7 Å². The summed E-state index contributed by atoms with van der Waals surface area (Å²) in [6, 6.07) is 9.36. The van der Waals surface area contributed by atoms with Gasteiger partial charge in [0.05, 0.1) is 5.56 Å². The van der Waals surface area contributed by atoms with Gasteiger partial charge in [0, 0.05) is 6.20 Å². The van der Waals surface area contributed by atoms with Crippen molar-refractivity contribution >= 4 is 5.84 Å². The fraction of sp³-hybridized carbons (Fsp3) is 0.143. The minimum absolute atomic E-state index is 0.0201. The van der Waals surface area contributed by atoms with Crippen molar-refractivity contribution in [1.29, 1.82) is 0 Å². The van der Waals surface area contributed by atoms with Crippen LogP contribution in [0.2, 0.25) is 0 Å². The first-order valence-corrected chi connectivity index (χ1v) is 5.80. The highest BCUT2D eigenvalue weighted by molar-refractivity contribution is 6.00. The van der Waals surface area contributed by atoms with Crippen LogP contribution in [0.25, 0.3) is 0 Å². The second kappa shape index (κ2) is 5.39. The Morgan fingerprint density at radius 3 is 2.79 bits per heavy atom. The number of nitrogens with zero attached hydrogens (tertiary/aromatic N) is 2. The molecule has 0 aliphatic heterocycles. The molecule has 98 valence electrons. The molecule has 0 aliphatic carbocycles. The first kappa shape index (κ1) is 12.9. The van der Waals surface area contributed by atoms with Crippen LogP contribution in [0, 0.1) is 13.8 Å². The minimum atomic E-state index is -0.0201. The fourth-order valence-corrected chi connectivity index (χ4v) is 1.76. The number of amidine groups is 1. The summed E-state index contributed by atoms with van der Waals surface area (Å²) in [6.07, 6.45) is 1.62. The van der Waals surface area contributed by atoms with Gasteiger partial charge in [-0.3, -0.25) is 0 Å². The van der Waals surface area contributed by atoms with Crippen LogP contribution in [0.5, 0.6) is 11.6 Å². The number of nitrogens with two attached hydrogens (primary N) is 1. The predicted octanol–water partition coefficient (Wildman–Crippen LogP) is 2.59. The molecule has 0 atom stereocenters. The average Bonchev–Trinajstić information content (AvgIpc) is 2.38. The SMILES string of the molecule is Cc1cccc(Oc2nccc(C)c2/C(N)=N/O)c1. The van der Waals surface area contributed by atoms with Crippen LogP contribution in [0.1, 0.15) is 16.7 Å². The molecular formula is C14H15N3O2. The summed E-state index contributed by atoms with van der Waals surface area (Å²) in [5.41, 5.74) is 8.06. The van der Waals surface area contributed by atoms with E-state index in [0.29, 0.717) is 17.2 Å². The van der Waals surface area contributed by atoms with E-state index in [0.717, 1.165) is 11.1 Å². The second-order valence-electron chi connectivity index (χ2n) is 4.21. The molecule has 0 amide bonds. The lowest BCUT2D eigenvalue weighted by Gasteiger charge is -2.11. The van der Waals surface area contributed by atoms with E-state index >= 15 is 0 Å². The van der Waals surface area contributed by atoms with E-state index in [-0.39, 0.29) is 5.84 Å². The number of hydrogen-bond donors (Lipinski definition) is 2. The molecule has 0 radical (unpaired) electrons. The molecular weight excluding hydrogens is 242 g/mol. The Morgan fingerprint density at radius 1 is 1.32 bits per heavy atom.